The van der Waals surface area contributed by atoms with Crippen molar-refractivity contribution < 1.29 is 23.8 Å². The van der Waals surface area contributed by atoms with Crippen molar-refractivity contribution in [2.45, 2.75) is 20.1 Å². The molecule has 0 saturated heterocycles. The van der Waals surface area contributed by atoms with Gasteiger partial charge in [0.15, 0.2) is 0 Å². The number of carbonyl (C=O) groups excluding carboxylic acids is 2. The van der Waals surface area contributed by atoms with Crippen LogP contribution in [0.2, 0.25) is 5.02 Å². The number of halogens is 1. The Labute approximate surface area is 161 Å². The topological polar surface area (TPSA) is 77.4 Å². The molecular formula is C19H17ClN2O5. The van der Waals surface area contributed by atoms with E-state index in [1.165, 1.54) is 18.9 Å². The average Bonchev–Trinajstić information content (AvgIpc) is 3.04. The van der Waals surface area contributed by atoms with Crippen LogP contribution in [0.15, 0.2) is 53.6 Å². The van der Waals surface area contributed by atoms with Gasteiger partial charge >= 0.3 is 5.97 Å². The number of amides is 1. The number of esters is 1. The van der Waals surface area contributed by atoms with Crippen LogP contribution in [0.5, 0.6) is 11.5 Å². The molecule has 27 heavy (non-hydrogen) atoms. The Morgan fingerprint density at radius 2 is 1.96 bits per heavy atom. The van der Waals surface area contributed by atoms with Gasteiger partial charge in [0, 0.05) is 18.9 Å². The van der Waals surface area contributed by atoms with E-state index in [4.69, 9.17) is 25.8 Å². The molecule has 0 spiro atoms. The van der Waals surface area contributed by atoms with Crippen LogP contribution in [-0.4, -0.2) is 35.6 Å². The number of benzene rings is 2. The molecule has 0 fully saturated rings. The van der Waals surface area contributed by atoms with Gasteiger partial charge in [-0.25, -0.2) is 0 Å². The maximum absolute atomic E-state index is 11.9. The van der Waals surface area contributed by atoms with E-state index in [2.05, 4.69) is 5.10 Å². The highest BCUT2D eigenvalue weighted by Crippen LogP contribution is 2.26. The molecule has 0 bridgehead atoms. The summed E-state index contributed by atoms with van der Waals surface area (Å²) >= 11 is 5.94. The van der Waals surface area contributed by atoms with Crippen molar-refractivity contribution in [3.63, 3.8) is 0 Å². The fraction of sp³-hybridized carbons (Fsp3) is 0.211. The zero-order chi connectivity index (χ0) is 19.4. The second-order valence-corrected chi connectivity index (χ2v) is 6.14. The molecule has 1 aliphatic heterocycles. The number of hydrogen-bond donors (Lipinski definition) is 0. The maximum atomic E-state index is 11.9. The van der Waals surface area contributed by atoms with E-state index in [1.54, 1.807) is 48.5 Å². The number of para-hydroxylation sites is 1. The number of carbonyl (C=O) groups is 2. The van der Waals surface area contributed by atoms with Crippen molar-refractivity contribution in [3.05, 3.63) is 59.1 Å². The molecule has 8 heteroatoms. The summed E-state index contributed by atoms with van der Waals surface area (Å²) in [5.41, 5.74) is 0.462. The first-order valence-corrected chi connectivity index (χ1v) is 8.53. The van der Waals surface area contributed by atoms with Gasteiger partial charge in [0.1, 0.15) is 18.1 Å². The predicted molar refractivity (Wildman–Crippen MR) is 98.6 cm³/mol. The Hall–Kier alpha value is -3.06. The lowest BCUT2D eigenvalue weighted by Gasteiger charge is -2.19. The van der Waals surface area contributed by atoms with Gasteiger partial charge in [0.2, 0.25) is 18.0 Å². The van der Waals surface area contributed by atoms with Crippen molar-refractivity contribution in [2.75, 3.05) is 6.61 Å². The molecule has 1 amide bonds. The van der Waals surface area contributed by atoms with Crippen LogP contribution in [-0.2, 0) is 14.3 Å². The van der Waals surface area contributed by atoms with E-state index < -0.39 is 12.2 Å². The van der Waals surface area contributed by atoms with Crippen LogP contribution in [0.25, 0.3) is 0 Å². The van der Waals surface area contributed by atoms with Crippen LogP contribution in [0.3, 0.4) is 0 Å². The lowest BCUT2D eigenvalue weighted by molar-refractivity contribution is -0.136. The van der Waals surface area contributed by atoms with Crippen molar-refractivity contribution in [1.29, 1.82) is 0 Å². The zero-order valence-electron chi connectivity index (χ0n) is 14.7. The largest absolute Gasteiger partial charge is 0.488 e. The highest BCUT2D eigenvalue weighted by Gasteiger charge is 2.33. The zero-order valence-corrected chi connectivity index (χ0v) is 15.5. The van der Waals surface area contributed by atoms with Crippen LogP contribution >= 0.6 is 11.6 Å². The number of hydrogen-bond acceptors (Lipinski definition) is 6. The van der Waals surface area contributed by atoms with Gasteiger partial charge in [0.05, 0.1) is 5.56 Å². The molecule has 0 radical (unpaired) electrons. The molecule has 0 unspecified atom stereocenters. The van der Waals surface area contributed by atoms with E-state index in [9.17, 15) is 9.59 Å². The molecule has 140 valence electrons. The third-order valence-corrected chi connectivity index (χ3v) is 3.84. The van der Waals surface area contributed by atoms with Gasteiger partial charge in [-0.1, -0.05) is 29.8 Å². The number of ether oxygens (including phenoxy) is 3. The first kappa shape index (κ1) is 18.7. The maximum Gasteiger partial charge on any atom is 0.308 e. The molecule has 0 aromatic heterocycles. The molecular weight excluding hydrogens is 372 g/mol. The molecule has 0 saturated carbocycles. The Bertz CT molecular complexity index is 899. The van der Waals surface area contributed by atoms with Crippen LogP contribution in [0.4, 0.5) is 0 Å². The summed E-state index contributed by atoms with van der Waals surface area (Å²) in [5.74, 6) is 0.230. The Morgan fingerprint density at radius 3 is 2.67 bits per heavy atom. The average molecular weight is 389 g/mol. The number of nitrogens with zero attached hydrogens (tertiary/aromatic N) is 2. The Morgan fingerprint density at radius 1 is 1.19 bits per heavy atom. The lowest BCUT2D eigenvalue weighted by atomic mass is 10.2. The van der Waals surface area contributed by atoms with Crippen LogP contribution in [0, 0.1) is 0 Å². The van der Waals surface area contributed by atoms with Gasteiger partial charge in [0.25, 0.3) is 0 Å². The molecule has 2 aromatic carbocycles. The summed E-state index contributed by atoms with van der Waals surface area (Å²) < 4.78 is 16.7. The minimum absolute atomic E-state index is 0.0443. The second-order valence-electron chi connectivity index (χ2n) is 5.70. The second kappa shape index (κ2) is 8.09. The molecule has 0 N–H and O–H groups in total. The fourth-order valence-corrected chi connectivity index (χ4v) is 2.65. The summed E-state index contributed by atoms with van der Waals surface area (Å²) in [6.45, 7) is 2.72. The molecule has 3 rings (SSSR count). The molecule has 7 nitrogen and oxygen atoms in total. The first-order valence-electron chi connectivity index (χ1n) is 8.15. The monoisotopic (exact) mass is 388 g/mol. The van der Waals surface area contributed by atoms with Gasteiger partial charge in [-0.2, -0.15) is 5.01 Å². The summed E-state index contributed by atoms with van der Waals surface area (Å²) in [7, 11) is 0. The van der Waals surface area contributed by atoms with Gasteiger partial charge in [-0.05, 0) is 30.3 Å². The standard InChI is InChI=1S/C19H17ClN2O5/c1-12(23)22-18(11-25-15-7-5-6-14(20)10-15)27-19(21-22)16-8-3-4-9-17(16)26-13(2)24/h3-10,18H,11H2,1-2H3/t18-/m0/s1. The van der Waals surface area contributed by atoms with E-state index in [1.807, 2.05) is 0 Å². The van der Waals surface area contributed by atoms with Gasteiger partial charge in [-0.3, -0.25) is 9.59 Å². The molecule has 1 atom stereocenters. The number of hydrazone groups is 1. The first-order chi connectivity index (χ1) is 12.9. The van der Waals surface area contributed by atoms with Gasteiger partial charge in [-0.15, -0.1) is 5.10 Å². The molecule has 0 aliphatic carbocycles. The van der Waals surface area contributed by atoms with Crippen molar-refractivity contribution in [3.8, 4) is 11.5 Å². The Balaban J connectivity index is 1.78. The highest BCUT2D eigenvalue weighted by molar-refractivity contribution is 6.30. The fourth-order valence-electron chi connectivity index (χ4n) is 2.47. The SMILES string of the molecule is CC(=O)Oc1ccccc1C1=NN(C(C)=O)[C@H](COc2cccc(Cl)c2)O1. The lowest BCUT2D eigenvalue weighted by Crippen LogP contribution is -2.36. The summed E-state index contributed by atoms with van der Waals surface area (Å²) in [4.78, 5) is 23.2. The molecule has 2 aromatic rings. The van der Waals surface area contributed by atoms with Crippen molar-refractivity contribution >= 4 is 29.4 Å². The summed E-state index contributed by atoms with van der Waals surface area (Å²) in [6.07, 6.45) is -0.762. The van der Waals surface area contributed by atoms with E-state index in [0.29, 0.717) is 22.1 Å². The normalized spacial score (nSPS) is 15.7. The number of rotatable bonds is 5. The van der Waals surface area contributed by atoms with Crippen molar-refractivity contribution in [2.24, 2.45) is 5.10 Å². The molecule has 1 heterocycles. The minimum Gasteiger partial charge on any atom is -0.488 e. The minimum atomic E-state index is -0.762. The van der Waals surface area contributed by atoms with Gasteiger partial charge < -0.3 is 14.2 Å². The predicted octanol–water partition coefficient (Wildman–Crippen LogP) is 3.21. The molecule has 1 aliphatic rings. The van der Waals surface area contributed by atoms with E-state index >= 15 is 0 Å². The highest BCUT2D eigenvalue weighted by atomic mass is 35.5. The quantitative estimate of drug-likeness (QED) is 0.580. The Kier molecular flexibility index (Phi) is 5.61. The summed E-state index contributed by atoms with van der Waals surface area (Å²) in [6, 6.07) is 13.7. The van der Waals surface area contributed by atoms with Crippen LogP contribution in [0.1, 0.15) is 19.4 Å². The summed E-state index contributed by atoms with van der Waals surface area (Å²) in [5, 5.41) is 5.94. The smallest absolute Gasteiger partial charge is 0.308 e. The van der Waals surface area contributed by atoms with Crippen molar-refractivity contribution in [1.82, 2.24) is 5.01 Å². The van der Waals surface area contributed by atoms with E-state index in [-0.39, 0.29) is 18.4 Å². The third kappa shape index (κ3) is 4.57. The van der Waals surface area contributed by atoms with Crippen LogP contribution < -0.4 is 9.47 Å². The third-order valence-electron chi connectivity index (χ3n) is 3.60. The van der Waals surface area contributed by atoms with E-state index in [0.717, 1.165) is 0 Å².